The van der Waals surface area contributed by atoms with Crippen LogP contribution in [0, 0.1) is 0 Å². The van der Waals surface area contributed by atoms with E-state index in [1.54, 1.807) is 12.3 Å². The average molecular weight is 172 g/mol. The van der Waals surface area contributed by atoms with Gasteiger partial charge in [0.25, 0.3) is 0 Å². The van der Waals surface area contributed by atoms with Gasteiger partial charge in [0, 0.05) is 17.1 Å². The van der Waals surface area contributed by atoms with Crippen LogP contribution in [0.4, 0.5) is 0 Å². The summed E-state index contributed by atoms with van der Waals surface area (Å²) in [7, 11) is 0. The fraction of sp³-hybridized carbons (Fsp3) is 0.100. The summed E-state index contributed by atoms with van der Waals surface area (Å²) in [5.74, 6) is 0.0318. The van der Waals surface area contributed by atoms with Crippen molar-refractivity contribution in [3.8, 4) is 0 Å². The number of rotatable bonds is 1. The normalized spacial score (nSPS) is 10.2. The van der Waals surface area contributed by atoms with Crippen molar-refractivity contribution in [2.45, 2.75) is 6.92 Å². The van der Waals surface area contributed by atoms with Crippen molar-refractivity contribution in [2.75, 3.05) is 0 Å². The monoisotopic (exact) mass is 172 g/mol. The second-order valence-corrected chi connectivity index (χ2v) is 2.82. The summed E-state index contributed by atoms with van der Waals surface area (Å²) in [4.78, 5) is 19.2. The van der Waals surface area contributed by atoms with Gasteiger partial charge in [0.2, 0.25) is 0 Å². The SMILES string of the molecule is CC(=O)c1cccc2cncnc12. The standard InChI is InChI=1S/C10H8N2O/c1-7(13)9-4-2-3-8-5-11-6-12-10(8)9/h2-6H,1H3. The summed E-state index contributed by atoms with van der Waals surface area (Å²) in [5, 5.41) is 0.898. The van der Waals surface area contributed by atoms with Gasteiger partial charge in [0.15, 0.2) is 5.78 Å². The number of carbonyl (C=O) groups excluding carboxylic acids is 1. The highest BCUT2D eigenvalue weighted by Gasteiger charge is 2.04. The molecule has 0 aliphatic rings. The zero-order chi connectivity index (χ0) is 9.26. The molecule has 0 radical (unpaired) electrons. The van der Waals surface area contributed by atoms with Crippen LogP contribution in [-0.2, 0) is 0 Å². The lowest BCUT2D eigenvalue weighted by Crippen LogP contribution is -1.95. The van der Waals surface area contributed by atoms with Crippen molar-refractivity contribution in [2.24, 2.45) is 0 Å². The second-order valence-electron chi connectivity index (χ2n) is 2.82. The maximum absolute atomic E-state index is 11.2. The predicted molar refractivity (Wildman–Crippen MR) is 49.5 cm³/mol. The maximum atomic E-state index is 11.2. The number of hydrogen-bond donors (Lipinski definition) is 0. The molecule has 3 nitrogen and oxygen atoms in total. The lowest BCUT2D eigenvalue weighted by molar-refractivity contribution is 0.101. The Hall–Kier alpha value is -1.77. The summed E-state index contributed by atoms with van der Waals surface area (Å²) >= 11 is 0. The van der Waals surface area contributed by atoms with Gasteiger partial charge < -0.3 is 0 Å². The van der Waals surface area contributed by atoms with Crippen LogP contribution in [0.2, 0.25) is 0 Å². The third-order valence-electron chi connectivity index (χ3n) is 1.91. The van der Waals surface area contributed by atoms with Gasteiger partial charge in [-0.2, -0.15) is 0 Å². The number of ketones is 1. The molecule has 0 aliphatic heterocycles. The van der Waals surface area contributed by atoms with Crippen LogP contribution >= 0.6 is 0 Å². The van der Waals surface area contributed by atoms with Crippen LogP contribution in [-0.4, -0.2) is 15.8 Å². The number of nitrogens with zero attached hydrogens (tertiary/aromatic N) is 2. The molecule has 0 spiro atoms. The summed E-state index contributed by atoms with van der Waals surface area (Å²) in [6.45, 7) is 1.54. The average Bonchev–Trinajstić information content (AvgIpc) is 2.17. The Labute approximate surface area is 75.4 Å². The van der Waals surface area contributed by atoms with Crippen LogP contribution in [0.1, 0.15) is 17.3 Å². The lowest BCUT2D eigenvalue weighted by Gasteiger charge is -1.99. The number of Topliss-reactive ketones (excluding diaryl/α,β-unsaturated/α-hetero) is 1. The van der Waals surface area contributed by atoms with Crippen LogP contribution in [0.3, 0.4) is 0 Å². The third kappa shape index (κ3) is 1.28. The number of carbonyl (C=O) groups is 1. The van der Waals surface area contributed by atoms with Gasteiger partial charge in [0.1, 0.15) is 6.33 Å². The molecule has 0 aliphatic carbocycles. The van der Waals surface area contributed by atoms with Crippen LogP contribution in [0.5, 0.6) is 0 Å². The van der Waals surface area contributed by atoms with Crippen molar-refractivity contribution in [3.63, 3.8) is 0 Å². The first-order valence-corrected chi connectivity index (χ1v) is 3.99. The molecule has 0 atom stereocenters. The van der Waals surface area contributed by atoms with Crippen LogP contribution < -0.4 is 0 Å². The van der Waals surface area contributed by atoms with Crippen molar-refractivity contribution >= 4 is 16.7 Å². The Morgan fingerprint density at radius 3 is 3.00 bits per heavy atom. The van der Waals surface area contributed by atoms with E-state index in [1.165, 1.54) is 13.3 Å². The van der Waals surface area contributed by atoms with Crippen molar-refractivity contribution in [3.05, 3.63) is 36.3 Å². The summed E-state index contributed by atoms with van der Waals surface area (Å²) < 4.78 is 0. The second kappa shape index (κ2) is 2.94. The molecule has 0 amide bonds. The summed E-state index contributed by atoms with van der Waals surface area (Å²) in [6, 6.07) is 5.50. The van der Waals surface area contributed by atoms with Crippen molar-refractivity contribution < 1.29 is 4.79 Å². The zero-order valence-corrected chi connectivity index (χ0v) is 7.19. The van der Waals surface area contributed by atoms with Crippen LogP contribution in [0.15, 0.2) is 30.7 Å². The van der Waals surface area contributed by atoms with Gasteiger partial charge in [-0.05, 0) is 13.0 Å². The Morgan fingerprint density at radius 1 is 1.38 bits per heavy atom. The Morgan fingerprint density at radius 2 is 2.23 bits per heavy atom. The third-order valence-corrected chi connectivity index (χ3v) is 1.91. The molecule has 0 saturated carbocycles. The highest BCUT2D eigenvalue weighted by molar-refractivity contribution is 6.05. The fourth-order valence-electron chi connectivity index (χ4n) is 1.30. The van der Waals surface area contributed by atoms with Gasteiger partial charge in [-0.3, -0.25) is 4.79 Å². The highest BCUT2D eigenvalue weighted by Crippen LogP contribution is 2.14. The van der Waals surface area contributed by atoms with Crippen molar-refractivity contribution in [1.29, 1.82) is 0 Å². The first-order chi connectivity index (χ1) is 6.29. The molecular formula is C10H8N2O. The van der Waals surface area contributed by atoms with Gasteiger partial charge in [-0.15, -0.1) is 0 Å². The molecule has 2 aromatic rings. The Kier molecular flexibility index (Phi) is 1.77. The zero-order valence-electron chi connectivity index (χ0n) is 7.19. The first-order valence-electron chi connectivity index (χ1n) is 3.99. The number of hydrogen-bond acceptors (Lipinski definition) is 3. The molecule has 0 saturated heterocycles. The number of fused-ring (bicyclic) bond motifs is 1. The molecule has 3 heteroatoms. The molecule has 0 fully saturated rings. The minimum Gasteiger partial charge on any atom is -0.294 e. The van der Waals surface area contributed by atoms with Gasteiger partial charge in [0.05, 0.1) is 5.52 Å². The van der Waals surface area contributed by atoms with E-state index < -0.39 is 0 Å². The minimum absolute atomic E-state index is 0.0318. The highest BCUT2D eigenvalue weighted by atomic mass is 16.1. The van der Waals surface area contributed by atoms with E-state index in [4.69, 9.17) is 0 Å². The predicted octanol–water partition coefficient (Wildman–Crippen LogP) is 1.83. The molecule has 0 N–H and O–H groups in total. The Balaban J connectivity index is 2.83. The van der Waals surface area contributed by atoms with Gasteiger partial charge >= 0.3 is 0 Å². The molecule has 1 aromatic carbocycles. The molecule has 1 heterocycles. The minimum atomic E-state index is 0.0318. The quantitative estimate of drug-likeness (QED) is 0.616. The summed E-state index contributed by atoms with van der Waals surface area (Å²) in [6.07, 6.45) is 3.16. The van der Waals surface area contributed by atoms with E-state index >= 15 is 0 Å². The van der Waals surface area contributed by atoms with E-state index in [0.717, 1.165) is 10.9 Å². The van der Waals surface area contributed by atoms with E-state index in [2.05, 4.69) is 9.97 Å². The van der Waals surface area contributed by atoms with E-state index in [1.807, 2.05) is 12.1 Å². The molecule has 13 heavy (non-hydrogen) atoms. The van der Waals surface area contributed by atoms with Crippen molar-refractivity contribution in [1.82, 2.24) is 9.97 Å². The molecule has 2 rings (SSSR count). The number of para-hydroxylation sites is 1. The van der Waals surface area contributed by atoms with E-state index in [9.17, 15) is 4.79 Å². The number of aromatic nitrogens is 2. The maximum Gasteiger partial charge on any atom is 0.161 e. The molecule has 0 bridgehead atoms. The lowest BCUT2D eigenvalue weighted by atomic mass is 10.1. The van der Waals surface area contributed by atoms with E-state index in [0.29, 0.717) is 5.56 Å². The smallest absolute Gasteiger partial charge is 0.161 e. The summed E-state index contributed by atoms with van der Waals surface area (Å²) in [5.41, 5.74) is 1.38. The van der Waals surface area contributed by atoms with E-state index in [-0.39, 0.29) is 5.78 Å². The van der Waals surface area contributed by atoms with Crippen LogP contribution in [0.25, 0.3) is 10.9 Å². The topological polar surface area (TPSA) is 42.9 Å². The van der Waals surface area contributed by atoms with Gasteiger partial charge in [-0.1, -0.05) is 12.1 Å². The molecule has 0 unspecified atom stereocenters. The molecular weight excluding hydrogens is 164 g/mol. The largest absolute Gasteiger partial charge is 0.294 e. The molecule has 64 valence electrons. The molecule has 1 aromatic heterocycles. The fourth-order valence-corrected chi connectivity index (χ4v) is 1.30. The van der Waals surface area contributed by atoms with Gasteiger partial charge in [-0.25, -0.2) is 9.97 Å². The Bertz CT molecular complexity index is 460. The first kappa shape index (κ1) is 7.86. The number of benzene rings is 1.